The number of likely N-dealkylation sites (N-methyl/N-ethyl adjacent to an activating group) is 1. The van der Waals surface area contributed by atoms with Gasteiger partial charge in [0.25, 0.3) is 0 Å². The van der Waals surface area contributed by atoms with Crippen LogP contribution in [0.3, 0.4) is 0 Å². The number of nitrogens with zero attached hydrogens (tertiary/aromatic N) is 1. The third-order valence-electron chi connectivity index (χ3n) is 3.82. The van der Waals surface area contributed by atoms with Gasteiger partial charge in [0.2, 0.25) is 0 Å². The van der Waals surface area contributed by atoms with Gasteiger partial charge in [-0.25, -0.2) is 0 Å². The van der Waals surface area contributed by atoms with E-state index in [0.717, 1.165) is 38.1 Å². The maximum absolute atomic E-state index is 5.61. The summed E-state index contributed by atoms with van der Waals surface area (Å²) in [5.41, 5.74) is 8.28. The highest BCUT2D eigenvalue weighted by Gasteiger charge is 2.10. The molecule has 0 spiro atoms. The van der Waals surface area contributed by atoms with E-state index in [1.165, 1.54) is 11.1 Å². The molecule has 0 saturated heterocycles. The molecule has 1 aromatic carbocycles. The van der Waals surface area contributed by atoms with E-state index in [2.05, 4.69) is 44.0 Å². The average Bonchev–Trinajstić information content (AvgIpc) is 2.44. The number of nitrogens with two attached hydrogens (primary N) is 1. The summed E-state index contributed by atoms with van der Waals surface area (Å²) in [6.45, 7) is 6.19. The zero-order chi connectivity index (χ0) is 14.3. The topological polar surface area (TPSA) is 38.5 Å². The van der Waals surface area contributed by atoms with Crippen molar-refractivity contribution in [2.45, 2.75) is 39.2 Å². The quantitative estimate of drug-likeness (QED) is 0.784. The molecule has 0 amide bonds. The standard InChI is InChI=1S/C16H28N2O/c1-5-14-6-7-16(19-4)15(12-14)9-11-18(3)13(2)8-10-17/h6-7,12-13H,5,8-11,17H2,1-4H3. The van der Waals surface area contributed by atoms with Gasteiger partial charge in [-0.15, -0.1) is 0 Å². The minimum Gasteiger partial charge on any atom is -0.496 e. The van der Waals surface area contributed by atoms with Crippen LogP contribution in [0.15, 0.2) is 18.2 Å². The number of rotatable bonds is 8. The first-order valence-corrected chi connectivity index (χ1v) is 7.18. The van der Waals surface area contributed by atoms with E-state index in [4.69, 9.17) is 10.5 Å². The van der Waals surface area contributed by atoms with Gasteiger partial charge in [-0.3, -0.25) is 0 Å². The van der Waals surface area contributed by atoms with Gasteiger partial charge >= 0.3 is 0 Å². The smallest absolute Gasteiger partial charge is 0.122 e. The van der Waals surface area contributed by atoms with E-state index >= 15 is 0 Å². The van der Waals surface area contributed by atoms with E-state index in [1.54, 1.807) is 7.11 Å². The lowest BCUT2D eigenvalue weighted by atomic mass is 10.0. The Morgan fingerprint density at radius 3 is 2.68 bits per heavy atom. The van der Waals surface area contributed by atoms with Crippen molar-refractivity contribution < 1.29 is 4.74 Å². The molecular formula is C16H28N2O. The lowest BCUT2D eigenvalue weighted by Gasteiger charge is -2.24. The summed E-state index contributed by atoms with van der Waals surface area (Å²) in [5, 5.41) is 0. The van der Waals surface area contributed by atoms with Gasteiger partial charge in [0.05, 0.1) is 7.11 Å². The van der Waals surface area contributed by atoms with Gasteiger partial charge in [0.1, 0.15) is 5.75 Å². The SMILES string of the molecule is CCc1ccc(OC)c(CCN(C)C(C)CCN)c1. The molecule has 0 bridgehead atoms. The summed E-state index contributed by atoms with van der Waals surface area (Å²) in [6, 6.07) is 7.02. The van der Waals surface area contributed by atoms with E-state index in [-0.39, 0.29) is 0 Å². The largest absolute Gasteiger partial charge is 0.496 e. The second-order valence-electron chi connectivity index (χ2n) is 5.16. The summed E-state index contributed by atoms with van der Waals surface area (Å²) in [4.78, 5) is 2.37. The van der Waals surface area contributed by atoms with Crippen molar-refractivity contribution in [2.75, 3.05) is 27.2 Å². The number of hydrogen-bond acceptors (Lipinski definition) is 3. The Morgan fingerprint density at radius 1 is 1.37 bits per heavy atom. The highest BCUT2D eigenvalue weighted by molar-refractivity contribution is 5.37. The normalized spacial score (nSPS) is 12.7. The van der Waals surface area contributed by atoms with Crippen LogP contribution < -0.4 is 10.5 Å². The van der Waals surface area contributed by atoms with Crippen LogP contribution in [-0.4, -0.2) is 38.2 Å². The third kappa shape index (κ3) is 4.84. The molecule has 0 saturated carbocycles. The number of ether oxygens (including phenoxy) is 1. The zero-order valence-corrected chi connectivity index (χ0v) is 12.8. The first kappa shape index (κ1) is 16.0. The molecule has 0 aliphatic heterocycles. The molecule has 1 aromatic rings. The fourth-order valence-corrected chi connectivity index (χ4v) is 2.23. The molecule has 0 fully saturated rings. The summed E-state index contributed by atoms with van der Waals surface area (Å²) in [7, 11) is 3.90. The number of aryl methyl sites for hydroxylation is 1. The molecule has 1 rings (SSSR count). The van der Waals surface area contributed by atoms with Crippen LogP contribution in [0.5, 0.6) is 5.75 Å². The van der Waals surface area contributed by atoms with Crippen LogP contribution in [0.1, 0.15) is 31.4 Å². The Balaban J connectivity index is 2.65. The van der Waals surface area contributed by atoms with Gasteiger partial charge in [0.15, 0.2) is 0 Å². The molecule has 3 heteroatoms. The molecule has 108 valence electrons. The molecule has 1 atom stereocenters. The molecule has 0 heterocycles. The van der Waals surface area contributed by atoms with Crippen molar-refractivity contribution in [1.29, 1.82) is 0 Å². The molecule has 19 heavy (non-hydrogen) atoms. The minimum absolute atomic E-state index is 0.533. The van der Waals surface area contributed by atoms with Crippen LogP contribution in [0.4, 0.5) is 0 Å². The maximum atomic E-state index is 5.61. The van der Waals surface area contributed by atoms with Crippen LogP contribution in [0.25, 0.3) is 0 Å². The Hall–Kier alpha value is -1.06. The van der Waals surface area contributed by atoms with Gasteiger partial charge in [-0.05, 0) is 57.0 Å². The molecule has 3 nitrogen and oxygen atoms in total. The Bertz CT molecular complexity index is 379. The summed E-state index contributed by atoms with van der Waals surface area (Å²) >= 11 is 0. The molecule has 0 aliphatic carbocycles. The minimum atomic E-state index is 0.533. The molecule has 2 N–H and O–H groups in total. The van der Waals surface area contributed by atoms with Crippen molar-refractivity contribution in [2.24, 2.45) is 5.73 Å². The predicted octanol–water partition coefficient (Wildman–Crippen LogP) is 2.47. The van der Waals surface area contributed by atoms with Crippen molar-refractivity contribution in [1.82, 2.24) is 4.90 Å². The monoisotopic (exact) mass is 264 g/mol. The van der Waals surface area contributed by atoms with Gasteiger partial charge in [-0.2, -0.15) is 0 Å². The van der Waals surface area contributed by atoms with Crippen LogP contribution in [-0.2, 0) is 12.8 Å². The summed E-state index contributed by atoms with van der Waals surface area (Å²) in [6.07, 6.45) is 3.13. The second-order valence-corrected chi connectivity index (χ2v) is 5.16. The zero-order valence-electron chi connectivity index (χ0n) is 12.8. The summed E-state index contributed by atoms with van der Waals surface area (Å²) < 4.78 is 5.45. The molecule has 0 radical (unpaired) electrons. The van der Waals surface area contributed by atoms with Gasteiger partial charge in [-0.1, -0.05) is 19.1 Å². The van der Waals surface area contributed by atoms with Crippen molar-refractivity contribution in [3.8, 4) is 5.75 Å². The first-order chi connectivity index (χ1) is 9.12. The van der Waals surface area contributed by atoms with Crippen LogP contribution in [0.2, 0.25) is 0 Å². The Labute approximate surface area is 117 Å². The van der Waals surface area contributed by atoms with E-state index in [1.807, 2.05) is 0 Å². The molecule has 1 unspecified atom stereocenters. The van der Waals surface area contributed by atoms with Gasteiger partial charge < -0.3 is 15.4 Å². The van der Waals surface area contributed by atoms with E-state index in [9.17, 15) is 0 Å². The molecule has 0 aromatic heterocycles. The number of benzene rings is 1. The number of hydrogen-bond donors (Lipinski definition) is 1. The van der Waals surface area contributed by atoms with Gasteiger partial charge in [0, 0.05) is 12.6 Å². The fraction of sp³-hybridized carbons (Fsp3) is 0.625. The molecule has 0 aliphatic rings. The molecular weight excluding hydrogens is 236 g/mol. The lowest BCUT2D eigenvalue weighted by molar-refractivity contribution is 0.250. The Morgan fingerprint density at radius 2 is 2.11 bits per heavy atom. The van der Waals surface area contributed by atoms with E-state index in [0.29, 0.717) is 6.04 Å². The number of methoxy groups -OCH3 is 1. The average molecular weight is 264 g/mol. The van der Waals surface area contributed by atoms with Crippen molar-refractivity contribution >= 4 is 0 Å². The Kier molecular flexibility index (Phi) is 6.89. The maximum Gasteiger partial charge on any atom is 0.122 e. The van der Waals surface area contributed by atoms with Crippen molar-refractivity contribution in [3.63, 3.8) is 0 Å². The van der Waals surface area contributed by atoms with Crippen LogP contribution >= 0.6 is 0 Å². The fourth-order valence-electron chi connectivity index (χ4n) is 2.23. The van der Waals surface area contributed by atoms with Crippen molar-refractivity contribution in [3.05, 3.63) is 29.3 Å². The van der Waals surface area contributed by atoms with Crippen LogP contribution in [0, 0.1) is 0 Å². The third-order valence-corrected chi connectivity index (χ3v) is 3.82. The van der Waals surface area contributed by atoms with E-state index < -0.39 is 0 Å². The highest BCUT2D eigenvalue weighted by Crippen LogP contribution is 2.21. The lowest BCUT2D eigenvalue weighted by Crippen LogP contribution is -2.32. The highest BCUT2D eigenvalue weighted by atomic mass is 16.5. The summed E-state index contributed by atoms with van der Waals surface area (Å²) in [5.74, 6) is 0.997. The predicted molar refractivity (Wildman–Crippen MR) is 81.8 cm³/mol. The second kappa shape index (κ2) is 8.18. The first-order valence-electron chi connectivity index (χ1n) is 7.18.